The van der Waals surface area contributed by atoms with Crippen LogP contribution in [-0.2, 0) is 24.4 Å². The highest BCUT2D eigenvalue weighted by Crippen LogP contribution is 2.15. The first-order valence-electron chi connectivity index (χ1n) is 11.0. The van der Waals surface area contributed by atoms with Gasteiger partial charge in [-0.1, -0.05) is 22.0 Å². The summed E-state index contributed by atoms with van der Waals surface area (Å²) in [5.74, 6) is -0.834. The number of anilines is 1. The number of rotatable bonds is 11. The molecule has 1 saturated heterocycles. The van der Waals surface area contributed by atoms with Crippen molar-refractivity contribution >= 4 is 29.2 Å². The van der Waals surface area contributed by atoms with E-state index in [2.05, 4.69) is 31.3 Å². The number of aromatic nitrogens is 6. The topological polar surface area (TPSA) is 123 Å². The summed E-state index contributed by atoms with van der Waals surface area (Å²) >= 11 is 5.86. The monoisotopic (exact) mass is 507 g/mol. The highest BCUT2D eigenvalue weighted by Gasteiger charge is 2.27. The molecule has 35 heavy (non-hydrogen) atoms. The molecule has 1 aromatic carbocycles. The highest BCUT2D eigenvalue weighted by molar-refractivity contribution is 6.30. The molecule has 3 aromatic rings. The Morgan fingerprint density at radius 3 is 2.54 bits per heavy atom. The molecule has 2 aromatic heterocycles. The predicted octanol–water partition coefficient (Wildman–Crippen LogP) is 1.66. The molecule has 1 fully saturated rings. The summed E-state index contributed by atoms with van der Waals surface area (Å²) < 4.78 is 29.8. The van der Waals surface area contributed by atoms with Gasteiger partial charge in [0.1, 0.15) is 12.0 Å². The van der Waals surface area contributed by atoms with Crippen LogP contribution < -0.4 is 10.6 Å². The molecule has 0 aliphatic carbocycles. The van der Waals surface area contributed by atoms with Crippen molar-refractivity contribution in [2.24, 2.45) is 0 Å². The molecular weight excluding hydrogens is 484 g/mol. The normalized spacial score (nSPS) is 14.0. The van der Waals surface area contributed by atoms with E-state index in [1.165, 1.54) is 24.4 Å². The van der Waals surface area contributed by atoms with Gasteiger partial charge < -0.3 is 10.6 Å². The van der Waals surface area contributed by atoms with E-state index in [9.17, 15) is 18.4 Å². The maximum absolute atomic E-state index is 13.8. The van der Waals surface area contributed by atoms with E-state index in [0.717, 1.165) is 12.8 Å². The van der Waals surface area contributed by atoms with Gasteiger partial charge in [-0.3, -0.25) is 23.9 Å². The van der Waals surface area contributed by atoms with E-state index < -0.39 is 17.9 Å². The molecule has 3 heterocycles. The quantitative estimate of drug-likeness (QED) is 0.378. The van der Waals surface area contributed by atoms with Crippen LogP contribution >= 0.6 is 11.6 Å². The maximum Gasteiger partial charge on any atom is 0.273 e. The minimum Gasteiger partial charge on any atom is -0.346 e. The first-order valence-corrected chi connectivity index (χ1v) is 11.4. The molecule has 4 rings (SSSR count). The molecule has 1 aliphatic rings. The number of hydrogen-bond donors (Lipinski definition) is 2. The van der Waals surface area contributed by atoms with Crippen molar-refractivity contribution < 1.29 is 18.4 Å². The Morgan fingerprint density at radius 1 is 1.09 bits per heavy atom. The lowest BCUT2D eigenvalue weighted by Crippen LogP contribution is -2.51. The number of carbonyl (C=O) groups is 2. The largest absolute Gasteiger partial charge is 0.346 e. The number of likely N-dealkylation sites (tertiary alicyclic amines) is 1. The number of alkyl halides is 1. The molecule has 0 radical (unpaired) electrons. The number of amides is 2. The van der Waals surface area contributed by atoms with Gasteiger partial charge in [0.15, 0.2) is 11.5 Å². The molecule has 186 valence electrons. The lowest BCUT2D eigenvalue weighted by molar-refractivity contribution is -0.119. The first kappa shape index (κ1) is 24.7. The number of nitrogens with one attached hydrogen (secondary N) is 2. The summed E-state index contributed by atoms with van der Waals surface area (Å²) in [6, 6.07) is 4.13. The third-order valence-corrected chi connectivity index (χ3v) is 5.56. The summed E-state index contributed by atoms with van der Waals surface area (Å²) in [5, 5.41) is 21.3. The second-order valence-corrected chi connectivity index (χ2v) is 8.64. The van der Waals surface area contributed by atoms with Gasteiger partial charge in [0, 0.05) is 43.3 Å². The average molecular weight is 508 g/mol. The van der Waals surface area contributed by atoms with E-state index in [-0.39, 0.29) is 43.3 Å². The molecule has 11 nitrogen and oxygen atoms in total. The Labute approximate surface area is 204 Å². The van der Waals surface area contributed by atoms with Crippen LogP contribution in [0.25, 0.3) is 0 Å². The van der Waals surface area contributed by atoms with Crippen LogP contribution in [0.5, 0.6) is 0 Å². The lowest BCUT2D eigenvalue weighted by Gasteiger charge is -2.33. The number of aryl methyl sites for hydroxylation is 2. The maximum atomic E-state index is 13.8. The Hall–Kier alpha value is -3.45. The van der Waals surface area contributed by atoms with Crippen molar-refractivity contribution in [3.05, 3.63) is 52.7 Å². The Morgan fingerprint density at radius 2 is 1.80 bits per heavy atom. The summed E-state index contributed by atoms with van der Waals surface area (Å²) in [7, 11) is 0. The zero-order valence-electron chi connectivity index (χ0n) is 18.7. The second kappa shape index (κ2) is 11.3. The Bertz CT molecular complexity index is 1180. The average Bonchev–Trinajstić information content (AvgIpc) is 3.46. The minimum absolute atomic E-state index is 0.0191. The van der Waals surface area contributed by atoms with Crippen molar-refractivity contribution in [2.75, 3.05) is 25.0 Å². The number of nitrogens with zero attached hydrogens (tertiary/aromatic N) is 7. The van der Waals surface area contributed by atoms with Crippen molar-refractivity contribution in [3.8, 4) is 0 Å². The molecule has 2 amide bonds. The van der Waals surface area contributed by atoms with E-state index in [1.54, 1.807) is 20.5 Å². The van der Waals surface area contributed by atoms with Gasteiger partial charge in [-0.05, 0) is 31.0 Å². The molecule has 0 spiro atoms. The van der Waals surface area contributed by atoms with Crippen LogP contribution in [0, 0.1) is 5.82 Å². The van der Waals surface area contributed by atoms with Gasteiger partial charge in [0.05, 0.1) is 18.9 Å². The number of benzene rings is 1. The van der Waals surface area contributed by atoms with Gasteiger partial charge in [0.25, 0.3) is 5.91 Å². The second-order valence-electron chi connectivity index (χ2n) is 8.20. The van der Waals surface area contributed by atoms with E-state index in [1.807, 2.05) is 0 Å². The standard InChI is InChI=1S/C21H24ClF2N9O2/c22-15-3-4-17(24)14(7-15)8-25-21(35)18-11-32(29-27-18)5-1-2-6-33-12-19(28-30-33)26-20(34)13-31-9-16(23)10-31/h3-4,7,11-12,16H,1-2,5-6,8-10,13H2,(H,25,35)(H,26,34). The van der Waals surface area contributed by atoms with E-state index in [4.69, 9.17) is 11.6 Å². The van der Waals surface area contributed by atoms with E-state index >= 15 is 0 Å². The van der Waals surface area contributed by atoms with Gasteiger partial charge in [-0.25, -0.2) is 8.78 Å². The van der Waals surface area contributed by atoms with Gasteiger partial charge in [0.2, 0.25) is 5.91 Å². The van der Waals surface area contributed by atoms with Gasteiger partial charge >= 0.3 is 0 Å². The number of halogens is 3. The molecule has 0 unspecified atom stereocenters. The molecule has 14 heteroatoms. The molecular formula is C21H24ClF2N9O2. The number of hydrogen-bond acceptors (Lipinski definition) is 7. The lowest BCUT2D eigenvalue weighted by atomic mass is 10.2. The van der Waals surface area contributed by atoms with E-state index in [0.29, 0.717) is 23.9 Å². The van der Waals surface area contributed by atoms with Crippen molar-refractivity contribution in [1.29, 1.82) is 0 Å². The third-order valence-electron chi connectivity index (χ3n) is 5.33. The zero-order valence-corrected chi connectivity index (χ0v) is 19.5. The van der Waals surface area contributed by atoms with Crippen molar-refractivity contribution in [3.63, 3.8) is 0 Å². The summed E-state index contributed by atoms with van der Waals surface area (Å²) in [4.78, 5) is 25.9. The fraction of sp³-hybridized carbons (Fsp3) is 0.429. The fourth-order valence-corrected chi connectivity index (χ4v) is 3.69. The Kier molecular flexibility index (Phi) is 7.98. The molecule has 2 N–H and O–H groups in total. The molecule has 0 bridgehead atoms. The van der Waals surface area contributed by atoms with Crippen LogP contribution in [0.15, 0.2) is 30.6 Å². The van der Waals surface area contributed by atoms with Crippen LogP contribution in [-0.4, -0.2) is 72.5 Å². The minimum atomic E-state index is -0.851. The van der Waals surface area contributed by atoms with Crippen LogP contribution in [0.2, 0.25) is 5.02 Å². The number of unbranched alkanes of at least 4 members (excludes halogenated alkanes) is 1. The molecule has 1 aliphatic heterocycles. The molecule has 0 atom stereocenters. The zero-order chi connectivity index (χ0) is 24.8. The van der Waals surface area contributed by atoms with Crippen molar-refractivity contribution in [1.82, 2.24) is 40.2 Å². The van der Waals surface area contributed by atoms with Crippen molar-refractivity contribution in [2.45, 2.75) is 38.6 Å². The van der Waals surface area contributed by atoms with Gasteiger partial charge in [-0.2, -0.15) is 0 Å². The predicted molar refractivity (Wildman–Crippen MR) is 122 cm³/mol. The Balaban J connectivity index is 1.15. The summed E-state index contributed by atoms with van der Waals surface area (Å²) in [6.45, 7) is 1.78. The third kappa shape index (κ3) is 7.02. The van der Waals surface area contributed by atoms with Gasteiger partial charge in [-0.15, -0.1) is 10.2 Å². The smallest absolute Gasteiger partial charge is 0.273 e. The summed E-state index contributed by atoms with van der Waals surface area (Å²) in [5.41, 5.74) is 0.407. The highest BCUT2D eigenvalue weighted by atomic mass is 35.5. The van der Waals surface area contributed by atoms with Crippen LogP contribution in [0.4, 0.5) is 14.6 Å². The van der Waals surface area contributed by atoms with Crippen LogP contribution in [0.1, 0.15) is 28.9 Å². The number of carbonyl (C=O) groups excluding carboxylic acids is 2. The van der Waals surface area contributed by atoms with Crippen LogP contribution in [0.3, 0.4) is 0 Å². The molecule has 0 saturated carbocycles. The first-order chi connectivity index (χ1) is 16.9. The summed E-state index contributed by atoms with van der Waals surface area (Å²) in [6.07, 6.45) is 3.79. The SMILES string of the molecule is O=C(CN1CC(F)C1)Nc1cn(CCCCn2cc(C(=O)NCc3cc(Cl)ccc3F)nn2)nn1. The fourth-order valence-electron chi connectivity index (χ4n) is 3.49.